The summed E-state index contributed by atoms with van der Waals surface area (Å²) in [7, 11) is 0. The maximum atomic E-state index is 13.3. The number of anilines is 1. The van der Waals surface area contributed by atoms with Crippen molar-refractivity contribution in [3.63, 3.8) is 0 Å². The van der Waals surface area contributed by atoms with Crippen LogP contribution in [0.15, 0.2) is 51.4 Å². The molecule has 2 aromatic carbocycles. The minimum atomic E-state index is -0.626. The Hall–Kier alpha value is -1.38. The fourth-order valence-corrected chi connectivity index (χ4v) is 2.54. The predicted octanol–water partition coefficient (Wildman–Crippen LogP) is 5.03. The van der Waals surface area contributed by atoms with Gasteiger partial charge < -0.3 is 5.32 Å². The van der Waals surface area contributed by atoms with Gasteiger partial charge in [0, 0.05) is 20.2 Å². The number of benzene rings is 2. The topological polar surface area (TPSA) is 35.8 Å². The largest absolute Gasteiger partial charge is 0.366 e. The zero-order valence-electron chi connectivity index (χ0n) is 9.70. The summed E-state index contributed by atoms with van der Waals surface area (Å²) in [5.74, 6) is -0.366. The molecule has 2 aromatic rings. The van der Waals surface area contributed by atoms with E-state index in [9.17, 15) is 9.65 Å². The Labute approximate surface area is 127 Å². The first-order chi connectivity index (χ1) is 9.10. The van der Waals surface area contributed by atoms with Crippen LogP contribution in [0.5, 0.6) is 0 Å². The summed E-state index contributed by atoms with van der Waals surface area (Å²) in [4.78, 5) is 0. The Morgan fingerprint density at radius 1 is 1.16 bits per heavy atom. The van der Waals surface area contributed by atoms with Gasteiger partial charge in [0.2, 0.25) is 0 Å². The monoisotopic (exact) mass is 382 g/mol. The van der Waals surface area contributed by atoms with E-state index in [0.29, 0.717) is 10.0 Å². The second-order valence-electron chi connectivity index (χ2n) is 3.88. The molecule has 0 aliphatic heterocycles. The van der Waals surface area contributed by atoms with Crippen molar-refractivity contribution >= 4 is 37.5 Å². The number of rotatable bonds is 3. The molecule has 1 atom stereocenters. The molecule has 0 bridgehead atoms. The van der Waals surface area contributed by atoms with Crippen LogP contribution >= 0.6 is 31.9 Å². The lowest BCUT2D eigenvalue weighted by molar-refractivity contribution is 0.624. The fourth-order valence-electron chi connectivity index (χ4n) is 1.66. The van der Waals surface area contributed by atoms with Crippen LogP contribution in [-0.2, 0) is 0 Å². The van der Waals surface area contributed by atoms with Crippen LogP contribution in [0.3, 0.4) is 0 Å². The van der Waals surface area contributed by atoms with Gasteiger partial charge in [-0.25, -0.2) is 4.39 Å². The fraction of sp³-hybridized carbons (Fsp3) is 0.0714. The minimum absolute atomic E-state index is 0.366. The van der Waals surface area contributed by atoms with Crippen molar-refractivity contribution in [3.8, 4) is 6.07 Å². The van der Waals surface area contributed by atoms with Crippen LogP contribution < -0.4 is 5.32 Å². The molecular formula is C14H9Br2FN2. The molecule has 5 heteroatoms. The molecule has 0 aromatic heterocycles. The molecule has 96 valence electrons. The average molecular weight is 384 g/mol. The quantitative estimate of drug-likeness (QED) is 0.806. The van der Waals surface area contributed by atoms with Crippen LogP contribution in [0.1, 0.15) is 11.6 Å². The third-order valence-electron chi connectivity index (χ3n) is 2.53. The summed E-state index contributed by atoms with van der Waals surface area (Å²) < 4.78 is 14.9. The highest BCUT2D eigenvalue weighted by atomic mass is 79.9. The molecule has 2 rings (SSSR count). The number of halogens is 3. The number of nitriles is 1. The van der Waals surface area contributed by atoms with Crippen LogP contribution in [0.4, 0.5) is 10.1 Å². The Morgan fingerprint density at radius 3 is 2.63 bits per heavy atom. The smallest absolute Gasteiger partial charge is 0.141 e. The van der Waals surface area contributed by atoms with E-state index in [1.54, 1.807) is 6.07 Å². The molecule has 0 aliphatic rings. The van der Waals surface area contributed by atoms with Gasteiger partial charge in [0.15, 0.2) is 0 Å². The van der Waals surface area contributed by atoms with E-state index in [1.807, 2.05) is 24.3 Å². The van der Waals surface area contributed by atoms with E-state index in [2.05, 4.69) is 43.2 Å². The van der Waals surface area contributed by atoms with Gasteiger partial charge in [-0.1, -0.05) is 37.9 Å². The average Bonchev–Trinajstić information content (AvgIpc) is 2.39. The van der Waals surface area contributed by atoms with E-state index >= 15 is 0 Å². The molecule has 1 N–H and O–H groups in total. The predicted molar refractivity (Wildman–Crippen MR) is 80.2 cm³/mol. The summed E-state index contributed by atoms with van der Waals surface area (Å²) in [6.45, 7) is 0. The molecule has 0 aliphatic carbocycles. The molecule has 0 spiro atoms. The molecule has 0 fully saturated rings. The van der Waals surface area contributed by atoms with Crippen molar-refractivity contribution in [2.45, 2.75) is 6.04 Å². The summed E-state index contributed by atoms with van der Waals surface area (Å²) in [5.41, 5.74) is 1.36. The van der Waals surface area contributed by atoms with Crippen molar-refractivity contribution < 1.29 is 4.39 Å². The second kappa shape index (κ2) is 6.18. The highest BCUT2D eigenvalue weighted by molar-refractivity contribution is 9.10. The van der Waals surface area contributed by atoms with Gasteiger partial charge in [0.25, 0.3) is 0 Å². The van der Waals surface area contributed by atoms with Crippen LogP contribution in [-0.4, -0.2) is 0 Å². The van der Waals surface area contributed by atoms with Gasteiger partial charge in [-0.15, -0.1) is 0 Å². The summed E-state index contributed by atoms with van der Waals surface area (Å²) in [6, 6.07) is 13.3. The maximum absolute atomic E-state index is 13.3. The first-order valence-corrected chi connectivity index (χ1v) is 7.05. The van der Waals surface area contributed by atoms with Crippen LogP contribution in [0, 0.1) is 17.1 Å². The Bertz CT molecular complexity index is 638. The highest BCUT2D eigenvalue weighted by Gasteiger charge is 2.14. The van der Waals surface area contributed by atoms with E-state index < -0.39 is 6.04 Å². The van der Waals surface area contributed by atoms with E-state index in [0.717, 1.165) is 10.2 Å². The lowest BCUT2D eigenvalue weighted by atomic mass is 10.1. The number of hydrogen-bond acceptors (Lipinski definition) is 2. The summed E-state index contributed by atoms with van der Waals surface area (Å²) in [6.07, 6.45) is 0. The van der Waals surface area contributed by atoms with Crippen molar-refractivity contribution in [2.24, 2.45) is 0 Å². The number of nitrogens with one attached hydrogen (secondary N) is 1. The number of hydrogen-bond donors (Lipinski definition) is 1. The molecule has 0 amide bonds. The van der Waals surface area contributed by atoms with E-state index in [-0.39, 0.29) is 5.82 Å². The van der Waals surface area contributed by atoms with Gasteiger partial charge in [0.05, 0.1) is 6.07 Å². The zero-order valence-corrected chi connectivity index (χ0v) is 12.9. The molecule has 1 unspecified atom stereocenters. The minimum Gasteiger partial charge on any atom is -0.366 e. The molecule has 0 saturated heterocycles. The van der Waals surface area contributed by atoms with Gasteiger partial charge in [-0.3, -0.25) is 0 Å². The lowest BCUT2D eigenvalue weighted by Gasteiger charge is -2.15. The van der Waals surface area contributed by atoms with Crippen molar-refractivity contribution in [1.82, 2.24) is 0 Å². The number of nitrogens with zero attached hydrogens (tertiary/aromatic N) is 1. The normalized spacial score (nSPS) is 11.7. The zero-order chi connectivity index (χ0) is 13.8. The van der Waals surface area contributed by atoms with Gasteiger partial charge in [-0.05, 0) is 36.4 Å². The second-order valence-corrected chi connectivity index (χ2v) is 5.65. The van der Waals surface area contributed by atoms with Crippen molar-refractivity contribution in [1.29, 1.82) is 5.26 Å². The Morgan fingerprint density at radius 2 is 1.95 bits per heavy atom. The summed E-state index contributed by atoms with van der Waals surface area (Å²) in [5, 5.41) is 12.3. The third-order valence-corrected chi connectivity index (χ3v) is 3.75. The Kier molecular flexibility index (Phi) is 4.56. The SMILES string of the molecule is N#CC(Nc1cccc(Br)c1)c1cc(F)ccc1Br. The van der Waals surface area contributed by atoms with Gasteiger partial charge in [0.1, 0.15) is 11.9 Å². The van der Waals surface area contributed by atoms with Gasteiger partial charge in [-0.2, -0.15) is 5.26 Å². The first-order valence-electron chi connectivity index (χ1n) is 5.47. The van der Waals surface area contributed by atoms with E-state index in [1.165, 1.54) is 12.1 Å². The molecular weight excluding hydrogens is 375 g/mol. The lowest BCUT2D eigenvalue weighted by Crippen LogP contribution is -2.09. The van der Waals surface area contributed by atoms with E-state index in [4.69, 9.17) is 0 Å². The standard InChI is InChI=1S/C14H9Br2FN2/c15-9-2-1-3-11(6-9)19-14(8-18)12-7-10(17)4-5-13(12)16/h1-7,14,19H. The molecule has 19 heavy (non-hydrogen) atoms. The summed E-state index contributed by atoms with van der Waals surface area (Å²) >= 11 is 6.70. The first kappa shape index (κ1) is 14.0. The Balaban J connectivity index is 2.31. The van der Waals surface area contributed by atoms with Crippen molar-refractivity contribution in [2.75, 3.05) is 5.32 Å². The molecule has 2 nitrogen and oxygen atoms in total. The maximum Gasteiger partial charge on any atom is 0.141 e. The van der Waals surface area contributed by atoms with Crippen LogP contribution in [0.2, 0.25) is 0 Å². The van der Waals surface area contributed by atoms with Crippen LogP contribution in [0.25, 0.3) is 0 Å². The molecule has 0 radical (unpaired) electrons. The highest BCUT2D eigenvalue weighted by Crippen LogP contribution is 2.27. The molecule has 0 heterocycles. The van der Waals surface area contributed by atoms with Crippen molar-refractivity contribution in [3.05, 3.63) is 62.8 Å². The molecule has 0 saturated carbocycles. The third kappa shape index (κ3) is 3.55. The van der Waals surface area contributed by atoms with Gasteiger partial charge >= 0.3 is 0 Å².